The first-order valence-corrected chi connectivity index (χ1v) is 7.46. The van der Waals surface area contributed by atoms with Gasteiger partial charge in [-0.2, -0.15) is 0 Å². The minimum atomic E-state index is -0.0591. The molecule has 2 aromatic heterocycles. The van der Waals surface area contributed by atoms with Gasteiger partial charge in [0.25, 0.3) is 0 Å². The lowest BCUT2D eigenvalue weighted by molar-refractivity contribution is 0.450. The van der Waals surface area contributed by atoms with E-state index in [1.165, 1.54) is 0 Å². The van der Waals surface area contributed by atoms with E-state index < -0.39 is 0 Å². The van der Waals surface area contributed by atoms with Gasteiger partial charge in [-0.1, -0.05) is 18.5 Å². The van der Waals surface area contributed by atoms with Crippen molar-refractivity contribution in [3.05, 3.63) is 53.3 Å². The van der Waals surface area contributed by atoms with E-state index in [1.807, 2.05) is 42.1 Å². The number of benzene rings is 1. The molecule has 0 aliphatic rings. The summed E-state index contributed by atoms with van der Waals surface area (Å²) in [4.78, 5) is 4.45. The van der Waals surface area contributed by atoms with E-state index >= 15 is 0 Å². The molecule has 1 unspecified atom stereocenters. The molecule has 1 aromatic carbocycles. The lowest BCUT2D eigenvalue weighted by Crippen LogP contribution is -2.25. The molecule has 0 bridgehead atoms. The first kappa shape index (κ1) is 14.2. The number of aromatic nitrogens is 2. The Labute approximate surface area is 128 Å². The number of aryl methyl sites for hydroxylation is 1. The Bertz CT molecular complexity index is 747. The number of hydrogen-bond acceptors (Lipinski definition) is 3. The summed E-state index contributed by atoms with van der Waals surface area (Å²) in [5.74, 6) is 1.80. The Kier molecular flexibility index (Phi) is 3.99. The summed E-state index contributed by atoms with van der Waals surface area (Å²) >= 11 is 6.04. The van der Waals surface area contributed by atoms with Gasteiger partial charge in [-0.05, 0) is 37.2 Å². The Hall–Kier alpha value is -1.78. The minimum Gasteiger partial charge on any atom is -0.459 e. The zero-order valence-electron chi connectivity index (χ0n) is 12.1. The van der Waals surface area contributed by atoms with E-state index in [1.54, 1.807) is 6.20 Å². The number of halogens is 1. The second kappa shape index (κ2) is 5.92. The van der Waals surface area contributed by atoms with Gasteiger partial charge < -0.3 is 14.3 Å². The fourth-order valence-electron chi connectivity index (χ4n) is 2.44. The van der Waals surface area contributed by atoms with E-state index in [0.717, 1.165) is 35.5 Å². The SMILES string of the molecule is CCCNC(c1cc2cc(Cl)ccc2o1)c1nccn1C. The van der Waals surface area contributed by atoms with Crippen molar-refractivity contribution in [2.24, 2.45) is 7.05 Å². The molecule has 1 atom stereocenters. The molecule has 21 heavy (non-hydrogen) atoms. The third-order valence-corrected chi connectivity index (χ3v) is 3.73. The Balaban J connectivity index is 2.03. The van der Waals surface area contributed by atoms with Crippen LogP contribution in [0.3, 0.4) is 0 Å². The first-order chi connectivity index (χ1) is 10.2. The fraction of sp³-hybridized carbons (Fsp3) is 0.312. The van der Waals surface area contributed by atoms with Gasteiger partial charge in [0.05, 0.1) is 0 Å². The zero-order valence-corrected chi connectivity index (χ0v) is 12.9. The maximum atomic E-state index is 6.04. The van der Waals surface area contributed by atoms with Crippen LogP contribution in [0.15, 0.2) is 41.1 Å². The van der Waals surface area contributed by atoms with Crippen LogP contribution < -0.4 is 5.32 Å². The summed E-state index contributed by atoms with van der Waals surface area (Å²) in [5, 5.41) is 5.22. The van der Waals surface area contributed by atoms with Gasteiger partial charge in [-0.3, -0.25) is 0 Å². The van der Waals surface area contributed by atoms with Crippen molar-refractivity contribution in [1.82, 2.24) is 14.9 Å². The van der Waals surface area contributed by atoms with Crippen molar-refractivity contribution in [2.75, 3.05) is 6.54 Å². The van der Waals surface area contributed by atoms with Crippen LogP contribution in [-0.2, 0) is 7.05 Å². The second-order valence-corrected chi connectivity index (χ2v) is 5.55. The van der Waals surface area contributed by atoms with Crippen molar-refractivity contribution in [2.45, 2.75) is 19.4 Å². The maximum absolute atomic E-state index is 6.04. The van der Waals surface area contributed by atoms with Crippen molar-refractivity contribution in [3.8, 4) is 0 Å². The molecule has 0 saturated carbocycles. The van der Waals surface area contributed by atoms with E-state index in [2.05, 4.69) is 17.2 Å². The molecule has 5 heteroatoms. The van der Waals surface area contributed by atoms with Gasteiger partial charge in [0, 0.05) is 29.9 Å². The Morgan fingerprint density at radius 1 is 1.38 bits per heavy atom. The number of nitrogens with zero attached hydrogens (tertiary/aromatic N) is 2. The molecule has 0 saturated heterocycles. The predicted molar refractivity (Wildman–Crippen MR) is 84.6 cm³/mol. The average molecular weight is 304 g/mol. The van der Waals surface area contributed by atoms with Crippen molar-refractivity contribution in [1.29, 1.82) is 0 Å². The number of rotatable bonds is 5. The molecular formula is C16H18ClN3O. The van der Waals surface area contributed by atoms with E-state index in [0.29, 0.717) is 5.02 Å². The lowest BCUT2D eigenvalue weighted by atomic mass is 10.1. The highest BCUT2D eigenvalue weighted by Crippen LogP contribution is 2.29. The molecular weight excluding hydrogens is 286 g/mol. The van der Waals surface area contributed by atoms with Gasteiger partial charge in [0.1, 0.15) is 23.2 Å². The predicted octanol–water partition coefficient (Wildman–Crippen LogP) is 3.91. The quantitative estimate of drug-likeness (QED) is 0.777. The van der Waals surface area contributed by atoms with Crippen molar-refractivity contribution >= 4 is 22.6 Å². The van der Waals surface area contributed by atoms with Gasteiger partial charge >= 0.3 is 0 Å². The molecule has 110 valence electrons. The topological polar surface area (TPSA) is 43.0 Å². The van der Waals surface area contributed by atoms with Crippen LogP contribution in [0.5, 0.6) is 0 Å². The van der Waals surface area contributed by atoms with Crippen LogP contribution in [0.4, 0.5) is 0 Å². The number of nitrogens with one attached hydrogen (secondary N) is 1. The zero-order chi connectivity index (χ0) is 14.8. The van der Waals surface area contributed by atoms with Crippen LogP contribution in [0.2, 0.25) is 5.02 Å². The molecule has 0 radical (unpaired) electrons. The standard InChI is InChI=1S/C16H18ClN3O/c1-3-6-18-15(16-19-7-8-20(16)2)14-10-11-9-12(17)4-5-13(11)21-14/h4-5,7-10,15,18H,3,6H2,1-2H3. The number of furan rings is 1. The summed E-state index contributed by atoms with van der Waals surface area (Å²) in [6, 6.07) is 7.63. The van der Waals surface area contributed by atoms with Crippen LogP contribution in [0.1, 0.15) is 31.0 Å². The molecule has 0 fully saturated rings. The molecule has 2 heterocycles. The van der Waals surface area contributed by atoms with Gasteiger partial charge in [0.15, 0.2) is 0 Å². The number of hydrogen-bond donors (Lipinski definition) is 1. The van der Waals surface area contributed by atoms with Crippen molar-refractivity contribution in [3.63, 3.8) is 0 Å². The Morgan fingerprint density at radius 3 is 2.95 bits per heavy atom. The monoisotopic (exact) mass is 303 g/mol. The lowest BCUT2D eigenvalue weighted by Gasteiger charge is -2.15. The summed E-state index contributed by atoms with van der Waals surface area (Å²) in [6.07, 6.45) is 4.79. The first-order valence-electron chi connectivity index (χ1n) is 7.08. The van der Waals surface area contributed by atoms with Crippen LogP contribution in [-0.4, -0.2) is 16.1 Å². The number of imidazole rings is 1. The highest BCUT2D eigenvalue weighted by molar-refractivity contribution is 6.31. The smallest absolute Gasteiger partial charge is 0.134 e. The van der Waals surface area contributed by atoms with Crippen LogP contribution in [0, 0.1) is 0 Å². The number of fused-ring (bicyclic) bond motifs is 1. The summed E-state index contributed by atoms with van der Waals surface area (Å²) < 4.78 is 7.99. The van der Waals surface area contributed by atoms with Crippen LogP contribution >= 0.6 is 11.6 Å². The second-order valence-electron chi connectivity index (χ2n) is 5.11. The summed E-state index contributed by atoms with van der Waals surface area (Å²) in [6.45, 7) is 3.04. The maximum Gasteiger partial charge on any atom is 0.134 e. The van der Waals surface area contributed by atoms with Gasteiger partial charge in [-0.15, -0.1) is 0 Å². The summed E-state index contributed by atoms with van der Waals surface area (Å²) in [7, 11) is 1.99. The molecule has 1 N–H and O–H groups in total. The fourth-order valence-corrected chi connectivity index (χ4v) is 2.62. The highest BCUT2D eigenvalue weighted by atomic mass is 35.5. The van der Waals surface area contributed by atoms with E-state index in [9.17, 15) is 0 Å². The molecule has 3 rings (SSSR count). The van der Waals surface area contributed by atoms with E-state index in [-0.39, 0.29) is 6.04 Å². The molecule has 0 aliphatic carbocycles. The largest absolute Gasteiger partial charge is 0.459 e. The van der Waals surface area contributed by atoms with Crippen molar-refractivity contribution < 1.29 is 4.42 Å². The molecule has 0 amide bonds. The van der Waals surface area contributed by atoms with Gasteiger partial charge in [0.2, 0.25) is 0 Å². The van der Waals surface area contributed by atoms with E-state index in [4.69, 9.17) is 16.0 Å². The molecule has 0 aliphatic heterocycles. The Morgan fingerprint density at radius 2 is 2.24 bits per heavy atom. The summed E-state index contributed by atoms with van der Waals surface area (Å²) in [5.41, 5.74) is 0.840. The molecule has 4 nitrogen and oxygen atoms in total. The minimum absolute atomic E-state index is 0.0591. The molecule has 0 spiro atoms. The average Bonchev–Trinajstić information content (AvgIpc) is 3.06. The normalized spacial score (nSPS) is 12.9. The molecule has 3 aromatic rings. The van der Waals surface area contributed by atoms with Crippen LogP contribution in [0.25, 0.3) is 11.0 Å². The third kappa shape index (κ3) is 2.82. The van der Waals surface area contributed by atoms with Gasteiger partial charge in [-0.25, -0.2) is 4.98 Å². The highest BCUT2D eigenvalue weighted by Gasteiger charge is 2.21. The third-order valence-electron chi connectivity index (χ3n) is 3.50.